The summed E-state index contributed by atoms with van der Waals surface area (Å²) in [6.45, 7) is 0. The van der Waals surface area contributed by atoms with Crippen molar-refractivity contribution in [2.45, 2.75) is 12.8 Å². The number of fused-ring (bicyclic) bond motifs is 1. The van der Waals surface area contributed by atoms with Gasteiger partial charge in [-0.3, -0.25) is 14.5 Å². The number of aryl methyl sites for hydroxylation is 1. The number of aromatic nitrogens is 5. The van der Waals surface area contributed by atoms with Crippen LogP contribution in [-0.4, -0.2) is 30.7 Å². The first-order valence-electron chi connectivity index (χ1n) is 8.33. The number of carbonyl (C=O) groups excluding carboxylic acids is 1. The van der Waals surface area contributed by atoms with E-state index >= 15 is 0 Å². The van der Waals surface area contributed by atoms with Crippen LogP contribution in [0.25, 0.3) is 22.0 Å². The summed E-state index contributed by atoms with van der Waals surface area (Å²) in [6.07, 6.45) is 7.81. The van der Waals surface area contributed by atoms with Crippen LogP contribution >= 0.6 is 0 Å². The van der Waals surface area contributed by atoms with Crippen molar-refractivity contribution in [1.29, 1.82) is 0 Å². The fourth-order valence-corrected chi connectivity index (χ4v) is 2.92. The van der Waals surface area contributed by atoms with Crippen LogP contribution in [0.2, 0.25) is 0 Å². The molecule has 0 fully saturated rings. The number of carbonyl (C=O) groups is 1. The molecular weight excluding hydrogens is 326 g/mol. The monoisotopic (exact) mass is 343 g/mol. The minimum atomic E-state index is 0.0927. The van der Waals surface area contributed by atoms with Crippen molar-refractivity contribution in [3.63, 3.8) is 0 Å². The standard InChI is InChI=1S/C20H17N5O/c1-25-13-17(12-22-25)15-4-5-20-16(8-15)9-18(23-24-20)10-19(26)7-14-3-2-6-21-11-14/h2-6,8-9,11-13H,7,10H2,1H3. The van der Waals surface area contributed by atoms with Crippen LogP contribution in [0.4, 0.5) is 0 Å². The lowest BCUT2D eigenvalue weighted by Crippen LogP contribution is -2.08. The van der Waals surface area contributed by atoms with Crippen LogP contribution in [0.1, 0.15) is 11.3 Å². The SMILES string of the molecule is Cn1cc(-c2ccc3nnc(CC(=O)Cc4cccnc4)cc3c2)cn1. The van der Waals surface area contributed by atoms with Crippen molar-refractivity contribution >= 4 is 16.7 Å². The highest BCUT2D eigenvalue weighted by molar-refractivity contribution is 5.86. The summed E-state index contributed by atoms with van der Waals surface area (Å²) in [7, 11) is 1.89. The van der Waals surface area contributed by atoms with Crippen molar-refractivity contribution in [2.24, 2.45) is 7.05 Å². The second-order valence-electron chi connectivity index (χ2n) is 6.27. The molecule has 0 spiro atoms. The fraction of sp³-hybridized carbons (Fsp3) is 0.150. The number of rotatable bonds is 5. The molecule has 4 aromatic rings. The van der Waals surface area contributed by atoms with E-state index in [1.54, 1.807) is 17.1 Å². The van der Waals surface area contributed by atoms with Crippen molar-refractivity contribution in [3.8, 4) is 11.1 Å². The number of nitrogens with zero attached hydrogens (tertiary/aromatic N) is 5. The summed E-state index contributed by atoms with van der Waals surface area (Å²) in [6, 6.07) is 11.7. The van der Waals surface area contributed by atoms with E-state index in [-0.39, 0.29) is 12.2 Å². The third-order valence-electron chi connectivity index (χ3n) is 4.18. The molecule has 128 valence electrons. The second-order valence-corrected chi connectivity index (χ2v) is 6.27. The van der Waals surface area contributed by atoms with Gasteiger partial charge in [-0.05, 0) is 35.4 Å². The van der Waals surface area contributed by atoms with Crippen molar-refractivity contribution in [2.75, 3.05) is 0 Å². The van der Waals surface area contributed by atoms with E-state index in [1.807, 2.05) is 49.8 Å². The summed E-state index contributed by atoms with van der Waals surface area (Å²) < 4.78 is 1.77. The molecule has 0 N–H and O–H groups in total. The maximum atomic E-state index is 12.3. The average molecular weight is 343 g/mol. The maximum absolute atomic E-state index is 12.3. The first-order valence-corrected chi connectivity index (χ1v) is 8.33. The lowest BCUT2D eigenvalue weighted by Gasteiger charge is -2.04. The van der Waals surface area contributed by atoms with E-state index < -0.39 is 0 Å². The quantitative estimate of drug-likeness (QED) is 0.557. The Morgan fingerprint density at radius 3 is 2.73 bits per heavy atom. The first-order chi connectivity index (χ1) is 12.7. The molecule has 0 aliphatic rings. The number of pyridine rings is 1. The summed E-state index contributed by atoms with van der Waals surface area (Å²) in [5.41, 5.74) is 4.49. The van der Waals surface area contributed by atoms with Crippen molar-refractivity contribution in [1.82, 2.24) is 25.0 Å². The van der Waals surface area contributed by atoms with Gasteiger partial charge in [-0.25, -0.2) is 0 Å². The van der Waals surface area contributed by atoms with E-state index in [0.29, 0.717) is 12.1 Å². The number of ketones is 1. The summed E-state index contributed by atoms with van der Waals surface area (Å²) in [5.74, 6) is 0.0927. The molecule has 0 aliphatic heterocycles. The van der Waals surface area contributed by atoms with Gasteiger partial charge in [0.1, 0.15) is 5.78 Å². The van der Waals surface area contributed by atoms with Gasteiger partial charge >= 0.3 is 0 Å². The zero-order valence-corrected chi connectivity index (χ0v) is 14.3. The van der Waals surface area contributed by atoms with Crippen LogP contribution in [-0.2, 0) is 24.7 Å². The van der Waals surface area contributed by atoms with E-state index in [4.69, 9.17) is 0 Å². The van der Waals surface area contributed by atoms with Gasteiger partial charge in [0.05, 0.1) is 23.8 Å². The topological polar surface area (TPSA) is 73.6 Å². The Bertz CT molecular complexity index is 1070. The van der Waals surface area contributed by atoms with Crippen LogP contribution in [0.15, 0.2) is 61.2 Å². The highest BCUT2D eigenvalue weighted by Crippen LogP contribution is 2.23. The van der Waals surface area contributed by atoms with Crippen LogP contribution in [0.5, 0.6) is 0 Å². The van der Waals surface area contributed by atoms with Gasteiger partial charge < -0.3 is 0 Å². The Balaban J connectivity index is 1.57. The van der Waals surface area contributed by atoms with Crippen LogP contribution < -0.4 is 0 Å². The van der Waals surface area contributed by atoms with E-state index in [9.17, 15) is 4.79 Å². The molecule has 1 aromatic carbocycles. The van der Waals surface area contributed by atoms with Gasteiger partial charge in [-0.15, -0.1) is 0 Å². The van der Waals surface area contributed by atoms with Crippen LogP contribution in [0, 0.1) is 0 Å². The zero-order valence-electron chi connectivity index (χ0n) is 14.3. The van der Waals surface area contributed by atoms with Crippen LogP contribution in [0.3, 0.4) is 0 Å². The Morgan fingerprint density at radius 1 is 1.04 bits per heavy atom. The second kappa shape index (κ2) is 6.84. The molecule has 0 bridgehead atoms. The Hall–Kier alpha value is -3.41. The van der Waals surface area contributed by atoms with Gasteiger partial charge in [0, 0.05) is 43.0 Å². The van der Waals surface area contributed by atoms with Gasteiger partial charge in [0.25, 0.3) is 0 Å². The third kappa shape index (κ3) is 3.49. The number of hydrogen-bond acceptors (Lipinski definition) is 5. The molecule has 6 nitrogen and oxygen atoms in total. The molecule has 0 saturated heterocycles. The maximum Gasteiger partial charge on any atom is 0.143 e. The normalized spacial score (nSPS) is 11.0. The first kappa shape index (κ1) is 16.1. The third-order valence-corrected chi connectivity index (χ3v) is 4.18. The minimum Gasteiger partial charge on any atom is -0.299 e. The predicted octanol–water partition coefficient (Wildman–Crippen LogP) is 2.78. The molecule has 4 rings (SSSR count). The zero-order chi connectivity index (χ0) is 17.9. The molecule has 0 atom stereocenters. The summed E-state index contributed by atoms with van der Waals surface area (Å²) >= 11 is 0. The van der Waals surface area contributed by atoms with E-state index in [1.165, 1.54) is 0 Å². The lowest BCUT2D eigenvalue weighted by atomic mass is 10.0. The highest BCUT2D eigenvalue weighted by Gasteiger charge is 2.09. The summed E-state index contributed by atoms with van der Waals surface area (Å²) in [4.78, 5) is 16.3. The van der Waals surface area contributed by atoms with Crippen molar-refractivity contribution < 1.29 is 4.79 Å². The highest BCUT2D eigenvalue weighted by atomic mass is 16.1. The molecule has 0 radical (unpaired) electrons. The Morgan fingerprint density at radius 2 is 1.96 bits per heavy atom. The van der Waals surface area contributed by atoms with E-state index in [2.05, 4.69) is 26.3 Å². The predicted molar refractivity (Wildman–Crippen MR) is 98.4 cm³/mol. The molecule has 26 heavy (non-hydrogen) atoms. The van der Waals surface area contributed by atoms with E-state index in [0.717, 1.165) is 27.6 Å². The molecule has 6 heteroatoms. The molecule has 0 saturated carbocycles. The smallest absolute Gasteiger partial charge is 0.143 e. The Labute approximate surface area is 150 Å². The Kier molecular flexibility index (Phi) is 4.23. The fourth-order valence-electron chi connectivity index (χ4n) is 2.92. The van der Waals surface area contributed by atoms with Gasteiger partial charge in [-0.2, -0.15) is 15.3 Å². The number of hydrogen-bond donors (Lipinski definition) is 0. The molecule has 0 amide bonds. The lowest BCUT2D eigenvalue weighted by molar-refractivity contribution is -0.117. The van der Waals surface area contributed by atoms with Gasteiger partial charge in [0.2, 0.25) is 0 Å². The summed E-state index contributed by atoms with van der Waals surface area (Å²) in [5, 5.41) is 13.6. The number of Topliss-reactive ketones (excluding diaryl/α,β-unsaturated/α-hetero) is 1. The molecule has 3 aromatic heterocycles. The molecule has 0 aliphatic carbocycles. The number of benzene rings is 1. The largest absolute Gasteiger partial charge is 0.299 e. The molecular formula is C20H17N5O. The van der Waals surface area contributed by atoms with Crippen molar-refractivity contribution in [3.05, 3.63) is 72.4 Å². The molecule has 3 heterocycles. The average Bonchev–Trinajstić information content (AvgIpc) is 3.08. The molecule has 0 unspecified atom stereocenters. The van der Waals surface area contributed by atoms with Gasteiger partial charge in [-0.1, -0.05) is 12.1 Å². The van der Waals surface area contributed by atoms with Gasteiger partial charge in [0.15, 0.2) is 0 Å². The minimum absolute atomic E-state index is 0.0927.